The topological polar surface area (TPSA) is 168 Å². The first-order valence-corrected chi connectivity index (χ1v) is 20.4. The number of rotatable bonds is 12. The molecule has 16 nitrogen and oxygen atoms in total. The largest absolute Gasteiger partial charge is 0.495 e. The van der Waals surface area contributed by atoms with Crippen molar-refractivity contribution in [2.45, 2.75) is 64.0 Å². The van der Waals surface area contributed by atoms with Crippen LogP contribution < -0.4 is 40.8 Å². The molecule has 1 atom stereocenters. The summed E-state index contributed by atoms with van der Waals surface area (Å²) in [6, 6.07) is 8.88. The van der Waals surface area contributed by atoms with E-state index in [4.69, 9.17) is 4.74 Å². The van der Waals surface area contributed by atoms with Gasteiger partial charge in [0.05, 0.1) is 31.2 Å². The van der Waals surface area contributed by atoms with E-state index in [2.05, 4.69) is 36.2 Å². The number of hydrogen-bond acceptors (Lipinski definition) is 13. The molecule has 3 saturated heterocycles. The van der Waals surface area contributed by atoms with E-state index in [1.807, 2.05) is 9.91 Å². The number of amides is 4. The lowest BCUT2D eigenvalue weighted by Crippen LogP contribution is -2.48. The highest BCUT2D eigenvalue weighted by Crippen LogP contribution is 2.37. The van der Waals surface area contributed by atoms with Gasteiger partial charge >= 0.3 is 5.92 Å². The van der Waals surface area contributed by atoms with E-state index < -0.39 is 30.3 Å². The van der Waals surface area contributed by atoms with Crippen molar-refractivity contribution in [2.24, 2.45) is 5.92 Å². The maximum absolute atomic E-state index is 15.2. The number of carbonyl (C=O) groups excluding carboxylic acids is 4. The zero-order valence-electron chi connectivity index (χ0n) is 34.3. The Bertz CT molecular complexity index is 2090. The standard InChI is InChI=1S/C41H52F3N11O5/c1-25(2)55-24-41(43,44)39(59)51(3)33-23-45-40(49-36(33)55)47-30-7-5-27(21-34(30)60-4)37(57)50-54-15-12-26(13-16-54)11-14-52-17-19-53(20-18-52)32-9-6-28(22-29(32)42)46-31-8-10-35(56)48-38(31)58/h5-7,9,21-23,25-26,31,46H,8,10-20,24H2,1-4H3,(H,50,57)(H,45,47,49)(H,48,56,58). The fourth-order valence-corrected chi connectivity index (χ4v) is 8.07. The van der Waals surface area contributed by atoms with Crippen LogP contribution in [0.15, 0.2) is 42.6 Å². The Morgan fingerprint density at radius 3 is 2.43 bits per heavy atom. The predicted molar refractivity (Wildman–Crippen MR) is 220 cm³/mol. The Hall–Kier alpha value is -5.69. The third kappa shape index (κ3) is 9.51. The maximum Gasteiger partial charge on any atom is 0.342 e. The van der Waals surface area contributed by atoms with Crippen LogP contribution in [-0.4, -0.2) is 128 Å². The molecule has 322 valence electrons. The summed E-state index contributed by atoms with van der Waals surface area (Å²) < 4.78 is 50.2. The molecule has 60 heavy (non-hydrogen) atoms. The molecule has 7 rings (SSSR count). The first-order valence-electron chi connectivity index (χ1n) is 20.4. The Morgan fingerprint density at radius 2 is 1.75 bits per heavy atom. The highest BCUT2D eigenvalue weighted by Gasteiger charge is 2.47. The Balaban J connectivity index is 0.856. The fourth-order valence-electron chi connectivity index (χ4n) is 8.07. The second-order valence-electron chi connectivity index (χ2n) is 16.0. The second kappa shape index (κ2) is 17.9. The van der Waals surface area contributed by atoms with Crippen molar-refractivity contribution < 1.29 is 37.1 Å². The lowest BCUT2D eigenvalue weighted by Gasteiger charge is -2.38. The van der Waals surface area contributed by atoms with Crippen LogP contribution in [0.4, 0.5) is 47.7 Å². The van der Waals surface area contributed by atoms with Crippen molar-refractivity contribution in [3.8, 4) is 5.75 Å². The Labute approximate surface area is 346 Å². The highest BCUT2D eigenvalue weighted by molar-refractivity contribution is 6.02. The summed E-state index contributed by atoms with van der Waals surface area (Å²) in [4.78, 5) is 64.8. The van der Waals surface area contributed by atoms with E-state index in [0.717, 1.165) is 43.8 Å². The lowest BCUT2D eigenvalue weighted by atomic mass is 9.94. The van der Waals surface area contributed by atoms with E-state index in [0.29, 0.717) is 66.9 Å². The van der Waals surface area contributed by atoms with Gasteiger partial charge in [0.2, 0.25) is 17.8 Å². The minimum Gasteiger partial charge on any atom is -0.495 e. The van der Waals surface area contributed by atoms with Crippen LogP contribution in [0.5, 0.6) is 5.75 Å². The number of hydrazine groups is 1. The number of imide groups is 1. The first-order chi connectivity index (χ1) is 28.7. The monoisotopic (exact) mass is 835 g/mol. The van der Waals surface area contributed by atoms with E-state index in [1.54, 1.807) is 44.2 Å². The molecule has 1 aromatic heterocycles. The number of nitrogens with zero attached hydrogens (tertiary/aromatic N) is 7. The van der Waals surface area contributed by atoms with Crippen LogP contribution in [0.2, 0.25) is 0 Å². The summed E-state index contributed by atoms with van der Waals surface area (Å²) in [5.74, 6) is -5.10. The van der Waals surface area contributed by atoms with Gasteiger partial charge in [-0.25, -0.2) is 14.4 Å². The van der Waals surface area contributed by atoms with Gasteiger partial charge in [-0.1, -0.05) is 0 Å². The van der Waals surface area contributed by atoms with Crippen LogP contribution in [0.1, 0.15) is 56.3 Å². The van der Waals surface area contributed by atoms with Crippen LogP contribution in [0.3, 0.4) is 0 Å². The average molecular weight is 836 g/mol. The lowest BCUT2D eigenvalue weighted by molar-refractivity contribution is -0.140. The molecule has 0 spiro atoms. The molecule has 5 heterocycles. The van der Waals surface area contributed by atoms with Crippen molar-refractivity contribution >= 4 is 58.1 Å². The predicted octanol–water partition coefficient (Wildman–Crippen LogP) is 3.98. The molecule has 4 aliphatic heterocycles. The van der Waals surface area contributed by atoms with E-state index in [-0.39, 0.29) is 47.5 Å². The number of halogens is 3. The van der Waals surface area contributed by atoms with Gasteiger partial charge in [-0.3, -0.25) is 34.8 Å². The number of fused-ring (bicyclic) bond motifs is 1. The van der Waals surface area contributed by atoms with Crippen molar-refractivity contribution in [3.63, 3.8) is 0 Å². The molecule has 3 fully saturated rings. The minimum absolute atomic E-state index is 0.103. The third-order valence-corrected chi connectivity index (χ3v) is 11.7. The average Bonchev–Trinajstić information content (AvgIpc) is 3.30. The van der Waals surface area contributed by atoms with Gasteiger partial charge in [-0.05, 0) is 88.4 Å². The van der Waals surface area contributed by atoms with Gasteiger partial charge in [-0.15, -0.1) is 0 Å². The number of anilines is 6. The number of piperidine rings is 2. The molecule has 3 aromatic rings. The number of carbonyl (C=O) groups is 4. The summed E-state index contributed by atoms with van der Waals surface area (Å²) >= 11 is 0. The Kier molecular flexibility index (Phi) is 12.6. The molecule has 4 N–H and O–H groups in total. The number of hydrogen-bond donors (Lipinski definition) is 4. The molecule has 2 aromatic carbocycles. The SMILES string of the molecule is COc1cc(C(=O)NN2CCC(CCN3CCN(c4ccc(NC5CCC(=O)NC5=O)cc4F)CC3)CC2)ccc1Nc1ncc2c(n1)N(C(C)C)CC(F)(F)C(=O)N2C. The van der Waals surface area contributed by atoms with Crippen molar-refractivity contribution in [3.05, 3.63) is 54.0 Å². The molecule has 4 amide bonds. The minimum atomic E-state index is -3.61. The number of aromatic nitrogens is 2. The van der Waals surface area contributed by atoms with Crippen LogP contribution in [-0.2, 0) is 14.4 Å². The molecule has 0 aliphatic carbocycles. The molecule has 0 radical (unpaired) electrons. The maximum atomic E-state index is 15.2. The summed E-state index contributed by atoms with van der Waals surface area (Å²) in [7, 11) is 2.75. The number of piperazine rings is 1. The van der Waals surface area contributed by atoms with Crippen molar-refractivity contribution in [1.29, 1.82) is 0 Å². The molecular weight excluding hydrogens is 784 g/mol. The van der Waals surface area contributed by atoms with Gasteiger partial charge in [0.15, 0.2) is 5.82 Å². The smallest absolute Gasteiger partial charge is 0.342 e. The third-order valence-electron chi connectivity index (χ3n) is 11.7. The fraction of sp³-hybridized carbons (Fsp3) is 0.512. The molecule has 0 saturated carbocycles. The van der Waals surface area contributed by atoms with Gasteiger partial charge in [0.25, 0.3) is 11.8 Å². The van der Waals surface area contributed by atoms with Gasteiger partial charge in [0, 0.05) is 70.0 Å². The quantitative estimate of drug-likeness (QED) is 0.194. The normalized spacial score (nSPS) is 20.4. The van der Waals surface area contributed by atoms with Crippen molar-refractivity contribution in [2.75, 3.05) is 91.8 Å². The summed E-state index contributed by atoms with van der Waals surface area (Å²) in [5, 5.41) is 10.3. The molecule has 0 bridgehead atoms. The number of alkyl halides is 2. The van der Waals surface area contributed by atoms with Crippen LogP contribution in [0.25, 0.3) is 0 Å². The van der Waals surface area contributed by atoms with Gasteiger partial charge in [-0.2, -0.15) is 13.8 Å². The number of benzene rings is 2. The zero-order valence-corrected chi connectivity index (χ0v) is 34.3. The zero-order chi connectivity index (χ0) is 42.7. The van der Waals surface area contributed by atoms with Gasteiger partial charge in [0.1, 0.15) is 23.3 Å². The van der Waals surface area contributed by atoms with E-state index >= 15 is 4.39 Å². The summed E-state index contributed by atoms with van der Waals surface area (Å²) in [6.45, 7) is 8.08. The molecule has 4 aliphatic rings. The first kappa shape index (κ1) is 42.4. The number of methoxy groups -OCH3 is 1. The highest BCUT2D eigenvalue weighted by atomic mass is 19.3. The summed E-state index contributed by atoms with van der Waals surface area (Å²) in [6.07, 6.45) is 4.86. The number of ether oxygens (including phenoxy) is 1. The molecule has 1 unspecified atom stereocenters. The van der Waals surface area contributed by atoms with Gasteiger partial charge < -0.3 is 30.1 Å². The van der Waals surface area contributed by atoms with E-state index in [1.165, 1.54) is 31.3 Å². The van der Waals surface area contributed by atoms with Crippen LogP contribution >= 0.6 is 0 Å². The number of nitrogens with one attached hydrogen (secondary N) is 4. The van der Waals surface area contributed by atoms with Crippen LogP contribution in [0, 0.1) is 11.7 Å². The van der Waals surface area contributed by atoms with E-state index in [9.17, 15) is 28.0 Å². The molecular formula is C41H52F3N11O5. The molecule has 19 heteroatoms. The summed E-state index contributed by atoms with van der Waals surface area (Å²) in [5.41, 5.74) is 5.06. The van der Waals surface area contributed by atoms with Crippen molar-refractivity contribution in [1.82, 2.24) is 30.6 Å². The Morgan fingerprint density at radius 1 is 1.00 bits per heavy atom. The second-order valence-corrected chi connectivity index (χ2v) is 16.0.